The Morgan fingerprint density at radius 1 is 1.35 bits per heavy atom. The topological polar surface area (TPSA) is 70.7 Å². The minimum absolute atomic E-state index is 0.485. The number of hydrogen-bond donors (Lipinski definition) is 1. The van der Waals surface area contributed by atoms with Crippen LogP contribution in [0.1, 0.15) is 12.8 Å². The summed E-state index contributed by atoms with van der Waals surface area (Å²) in [6.45, 7) is 0.720. The van der Waals surface area contributed by atoms with Crippen molar-refractivity contribution in [1.29, 1.82) is 0 Å². The lowest BCUT2D eigenvalue weighted by molar-refractivity contribution is -0.138. The molecular formula is C15H13ClN4O2S. The summed E-state index contributed by atoms with van der Waals surface area (Å²) in [5, 5.41) is 15.2. The number of carbonyl (C=O) groups is 1. The van der Waals surface area contributed by atoms with E-state index in [0.29, 0.717) is 16.6 Å². The average Bonchev–Trinajstić information content (AvgIpc) is 3.21. The molecule has 0 aliphatic carbocycles. The second-order valence-electron chi connectivity index (χ2n) is 5.43. The van der Waals surface area contributed by atoms with Crippen molar-refractivity contribution < 1.29 is 9.90 Å². The number of imidazole rings is 1. The van der Waals surface area contributed by atoms with E-state index in [1.165, 1.54) is 11.3 Å². The van der Waals surface area contributed by atoms with Crippen LogP contribution in [0.15, 0.2) is 30.5 Å². The molecule has 3 heterocycles. The first-order chi connectivity index (χ1) is 11.1. The lowest BCUT2D eigenvalue weighted by Gasteiger charge is -2.19. The highest BCUT2D eigenvalue weighted by atomic mass is 35.5. The van der Waals surface area contributed by atoms with Gasteiger partial charge in [-0.15, -0.1) is 5.10 Å². The third-order valence-electron chi connectivity index (χ3n) is 3.96. The summed E-state index contributed by atoms with van der Waals surface area (Å²) in [4.78, 5) is 18.5. The summed E-state index contributed by atoms with van der Waals surface area (Å²) < 4.78 is 1.71. The zero-order valence-corrected chi connectivity index (χ0v) is 13.6. The van der Waals surface area contributed by atoms with Crippen molar-refractivity contribution in [3.8, 4) is 11.3 Å². The Labute approximate surface area is 140 Å². The molecule has 1 aliphatic rings. The highest BCUT2D eigenvalue weighted by Crippen LogP contribution is 2.31. The molecule has 0 radical (unpaired) electrons. The third kappa shape index (κ3) is 2.55. The first kappa shape index (κ1) is 14.5. The van der Waals surface area contributed by atoms with Gasteiger partial charge in [-0.3, -0.25) is 0 Å². The van der Waals surface area contributed by atoms with Gasteiger partial charge in [-0.2, -0.15) is 0 Å². The van der Waals surface area contributed by atoms with Crippen LogP contribution in [0.5, 0.6) is 0 Å². The monoisotopic (exact) mass is 348 g/mol. The van der Waals surface area contributed by atoms with Crippen LogP contribution in [0.2, 0.25) is 5.02 Å². The van der Waals surface area contributed by atoms with Crippen LogP contribution < -0.4 is 4.90 Å². The van der Waals surface area contributed by atoms with Crippen molar-refractivity contribution in [2.45, 2.75) is 18.9 Å². The van der Waals surface area contributed by atoms with Gasteiger partial charge in [-0.1, -0.05) is 35.1 Å². The van der Waals surface area contributed by atoms with Gasteiger partial charge >= 0.3 is 5.97 Å². The highest BCUT2D eigenvalue weighted by molar-refractivity contribution is 7.20. The van der Waals surface area contributed by atoms with Crippen LogP contribution in [0.25, 0.3) is 16.2 Å². The largest absolute Gasteiger partial charge is 0.480 e. The number of rotatable bonds is 3. The van der Waals surface area contributed by atoms with Crippen molar-refractivity contribution in [1.82, 2.24) is 14.6 Å². The summed E-state index contributed by atoms with van der Waals surface area (Å²) in [7, 11) is 0. The summed E-state index contributed by atoms with van der Waals surface area (Å²) >= 11 is 7.31. The van der Waals surface area contributed by atoms with Gasteiger partial charge in [0.25, 0.3) is 0 Å². The lowest BCUT2D eigenvalue weighted by Crippen LogP contribution is -2.35. The standard InChI is InChI=1S/C15H13ClN4O2S/c16-10-5-3-9(4-6-10)11-8-20-14(17-11)23-15(18-20)19-7-1-2-12(19)13(21)22/h3-6,8,12H,1-2,7H2,(H,21,22). The van der Waals surface area contributed by atoms with Crippen molar-refractivity contribution in [3.05, 3.63) is 35.5 Å². The number of aromatic nitrogens is 3. The van der Waals surface area contributed by atoms with E-state index in [0.717, 1.165) is 29.2 Å². The molecule has 3 aromatic rings. The predicted molar refractivity (Wildman–Crippen MR) is 89.3 cm³/mol. The van der Waals surface area contributed by atoms with Crippen LogP contribution in [-0.2, 0) is 4.79 Å². The molecule has 0 amide bonds. The molecule has 0 spiro atoms. The van der Waals surface area contributed by atoms with E-state index in [2.05, 4.69) is 10.1 Å². The normalized spacial score (nSPS) is 18.0. The smallest absolute Gasteiger partial charge is 0.326 e. The molecule has 1 atom stereocenters. The van der Waals surface area contributed by atoms with Crippen LogP contribution >= 0.6 is 22.9 Å². The summed E-state index contributed by atoms with van der Waals surface area (Å²) in [5.41, 5.74) is 1.79. The number of carboxylic acids is 1. The fraction of sp³-hybridized carbons (Fsp3) is 0.267. The Balaban J connectivity index is 1.66. The molecule has 1 fully saturated rings. The van der Waals surface area contributed by atoms with Gasteiger partial charge in [-0.25, -0.2) is 14.3 Å². The first-order valence-corrected chi connectivity index (χ1v) is 8.43. The fourth-order valence-corrected chi connectivity index (χ4v) is 3.90. The van der Waals surface area contributed by atoms with Gasteiger partial charge in [0.05, 0.1) is 11.9 Å². The van der Waals surface area contributed by atoms with Crippen LogP contribution in [0, 0.1) is 0 Å². The van der Waals surface area contributed by atoms with Crippen LogP contribution in [-0.4, -0.2) is 38.3 Å². The fourth-order valence-electron chi connectivity index (χ4n) is 2.82. The SMILES string of the molecule is O=C(O)C1CCCN1c1nn2cc(-c3ccc(Cl)cc3)nc2s1. The van der Waals surface area contributed by atoms with E-state index in [-0.39, 0.29) is 0 Å². The van der Waals surface area contributed by atoms with Gasteiger partial charge in [0.15, 0.2) is 0 Å². The van der Waals surface area contributed by atoms with Crippen molar-refractivity contribution in [2.75, 3.05) is 11.4 Å². The zero-order valence-electron chi connectivity index (χ0n) is 12.0. The number of hydrogen-bond acceptors (Lipinski definition) is 5. The van der Waals surface area contributed by atoms with Gasteiger partial charge < -0.3 is 10.0 Å². The zero-order chi connectivity index (χ0) is 16.0. The van der Waals surface area contributed by atoms with E-state index in [1.807, 2.05) is 35.4 Å². The third-order valence-corrected chi connectivity index (χ3v) is 5.17. The molecule has 8 heteroatoms. The summed E-state index contributed by atoms with van der Waals surface area (Å²) in [5.74, 6) is -0.794. The number of carboxylic acid groups (broad SMARTS) is 1. The molecule has 1 aliphatic heterocycles. The number of fused-ring (bicyclic) bond motifs is 1. The second-order valence-corrected chi connectivity index (χ2v) is 6.81. The number of benzene rings is 1. The molecule has 23 heavy (non-hydrogen) atoms. The van der Waals surface area contributed by atoms with Crippen molar-refractivity contribution >= 4 is 39.0 Å². The Bertz CT molecular complexity index is 842. The van der Waals surface area contributed by atoms with E-state index < -0.39 is 12.0 Å². The summed E-state index contributed by atoms with van der Waals surface area (Å²) in [6.07, 6.45) is 3.38. The minimum atomic E-state index is -0.794. The minimum Gasteiger partial charge on any atom is -0.480 e. The molecule has 0 saturated carbocycles. The Morgan fingerprint density at radius 3 is 2.83 bits per heavy atom. The maximum absolute atomic E-state index is 11.3. The number of anilines is 1. The highest BCUT2D eigenvalue weighted by Gasteiger charge is 2.32. The molecule has 1 aromatic carbocycles. The number of aliphatic carboxylic acids is 1. The molecule has 1 saturated heterocycles. The van der Waals surface area contributed by atoms with Crippen LogP contribution in [0.3, 0.4) is 0 Å². The lowest BCUT2D eigenvalue weighted by atomic mass is 10.2. The van der Waals surface area contributed by atoms with E-state index >= 15 is 0 Å². The van der Waals surface area contributed by atoms with Crippen molar-refractivity contribution in [2.24, 2.45) is 0 Å². The van der Waals surface area contributed by atoms with E-state index in [1.54, 1.807) is 4.52 Å². The van der Waals surface area contributed by atoms with E-state index in [9.17, 15) is 9.90 Å². The number of nitrogens with zero attached hydrogens (tertiary/aromatic N) is 4. The molecule has 6 nitrogen and oxygen atoms in total. The van der Waals surface area contributed by atoms with Gasteiger partial charge in [0.1, 0.15) is 6.04 Å². The Hall–Kier alpha value is -2.12. The second kappa shape index (κ2) is 5.50. The van der Waals surface area contributed by atoms with Gasteiger partial charge in [0.2, 0.25) is 10.1 Å². The van der Waals surface area contributed by atoms with Gasteiger partial charge in [0, 0.05) is 17.1 Å². The molecule has 1 N–H and O–H groups in total. The average molecular weight is 349 g/mol. The number of halogens is 1. The van der Waals surface area contributed by atoms with Crippen LogP contribution in [0.4, 0.5) is 5.13 Å². The first-order valence-electron chi connectivity index (χ1n) is 7.23. The molecule has 1 unspecified atom stereocenters. The maximum Gasteiger partial charge on any atom is 0.326 e. The molecule has 118 valence electrons. The molecule has 4 rings (SSSR count). The van der Waals surface area contributed by atoms with Gasteiger partial charge in [-0.05, 0) is 25.0 Å². The Morgan fingerprint density at radius 2 is 2.13 bits per heavy atom. The van der Waals surface area contributed by atoms with E-state index in [4.69, 9.17) is 11.6 Å². The molecular weight excluding hydrogens is 336 g/mol. The molecule has 0 bridgehead atoms. The quantitative estimate of drug-likeness (QED) is 0.787. The summed E-state index contributed by atoms with van der Waals surface area (Å²) in [6, 6.07) is 6.99. The molecule has 2 aromatic heterocycles. The predicted octanol–water partition coefficient (Wildman–Crippen LogP) is 3.16. The Kier molecular flexibility index (Phi) is 3.46. The van der Waals surface area contributed by atoms with Crippen molar-refractivity contribution in [3.63, 3.8) is 0 Å². The maximum atomic E-state index is 11.3.